The van der Waals surface area contributed by atoms with Crippen LogP contribution < -0.4 is 0 Å². The van der Waals surface area contributed by atoms with Crippen LogP contribution in [0.1, 0.15) is 73.1 Å². The summed E-state index contributed by atoms with van der Waals surface area (Å²) < 4.78 is 10.8. The Morgan fingerprint density at radius 3 is 2.07 bits per heavy atom. The second-order valence-corrected chi connectivity index (χ2v) is 6.81. The highest BCUT2D eigenvalue weighted by atomic mass is 16.5. The van der Waals surface area contributed by atoms with Crippen LogP contribution in [-0.4, -0.2) is 25.2 Å². The molecule has 0 saturated heterocycles. The third kappa shape index (κ3) is 6.52. The number of carbonyl (C=O) groups is 2. The van der Waals surface area contributed by atoms with Crippen LogP contribution >= 0.6 is 0 Å². The Bertz CT molecular complexity index is 767. The highest BCUT2D eigenvalue weighted by Gasteiger charge is 2.15. The molecule has 0 heterocycles. The summed E-state index contributed by atoms with van der Waals surface area (Å²) in [5.74, 6) is -0.670. The van der Waals surface area contributed by atoms with Gasteiger partial charge in [-0.05, 0) is 42.2 Å². The Hall–Kier alpha value is -2.62. The van der Waals surface area contributed by atoms with Gasteiger partial charge in [0.2, 0.25) is 0 Å². The van der Waals surface area contributed by atoms with Crippen molar-refractivity contribution in [1.29, 1.82) is 0 Å². The topological polar surface area (TPSA) is 52.6 Å². The molecule has 2 aromatic carbocycles. The molecular weight excluding hydrogens is 352 g/mol. The van der Waals surface area contributed by atoms with Crippen molar-refractivity contribution in [3.05, 3.63) is 59.7 Å². The van der Waals surface area contributed by atoms with E-state index < -0.39 is 0 Å². The van der Waals surface area contributed by atoms with E-state index in [0.717, 1.165) is 49.7 Å². The molecule has 0 aliphatic heterocycles. The fourth-order valence-electron chi connectivity index (χ4n) is 2.92. The molecule has 4 nitrogen and oxygen atoms in total. The third-order valence-corrected chi connectivity index (χ3v) is 4.52. The molecule has 150 valence electrons. The van der Waals surface area contributed by atoms with Gasteiger partial charge < -0.3 is 9.47 Å². The Balaban J connectivity index is 2.13. The third-order valence-electron chi connectivity index (χ3n) is 4.52. The molecule has 0 N–H and O–H groups in total. The van der Waals surface area contributed by atoms with Crippen molar-refractivity contribution in [3.63, 3.8) is 0 Å². The monoisotopic (exact) mass is 382 g/mol. The zero-order valence-electron chi connectivity index (χ0n) is 16.9. The van der Waals surface area contributed by atoms with Gasteiger partial charge in [-0.1, -0.05) is 69.9 Å². The van der Waals surface area contributed by atoms with E-state index in [1.165, 1.54) is 0 Å². The molecule has 0 aliphatic carbocycles. The number of ether oxygens (including phenoxy) is 2. The number of hydrogen-bond donors (Lipinski definition) is 0. The molecular formula is C24H30O4. The SMILES string of the molecule is CCCCCOC(=O)c1cccc(-c2ccccc2C(=O)OCCCCC)c1. The van der Waals surface area contributed by atoms with Gasteiger partial charge in [-0.2, -0.15) is 0 Å². The van der Waals surface area contributed by atoms with Gasteiger partial charge in [-0.25, -0.2) is 9.59 Å². The predicted octanol–water partition coefficient (Wildman–Crippen LogP) is 6.05. The molecule has 4 heteroatoms. The number of rotatable bonds is 11. The van der Waals surface area contributed by atoms with Gasteiger partial charge in [0.05, 0.1) is 24.3 Å². The number of hydrogen-bond acceptors (Lipinski definition) is 4. The lowest BCUT2D eigenvalue weighted by Gasteiger charge is -2.11. The van der Waals surface area contributed by atoms with E-state index in [4.69, 9.17) is 9.47 Å². The maximum Gasteiger partial charge on any atom is 0.338 e. The van der Waals surface area contributed by atoms with Gasteiger partial charge >= 0.3 is 11.9 Å². The van der Waals surface area contributed by atoms with Crippen molar-refractivity contribution < 1.29 is 19.1 Å². The Morgan fingerprint density at radius 2 is 1.39 bits per heavy atom. The highest BCUT2D eigenvalue weighted by Crippen LogP contribution is 2.25. The first-order chi connectivity index (χ1) is 13.7. The summed E-state index contributed by atoms with van der Waals surface area (Å²) in [5, 5.41) is 0. The van der Waals surface area contributed by atoms with Crippen LogP contribution in [0.3, 0.4) is 0 Å². The van der Waals surface area contributed by atoms with E-state index in [0.29, 0.717) is 24.3 Å². The zero-order valence-corrected chi connectivity index (χ0v) is 16.9. The van der Waals surface area contributed by atoms with Gasteiger partial charge in [-0.3, -0.25) is 0 Å². The van der Waals surface area contributed by atoms with Gasteiger partial charge in [0, 0.05) is 0 Å². The van der Waals surface area contributed by atoms with Crippen LogP contribution in [0.4, 0.5) is 0 Å². The lowest BCUT2D eigenvalue weighted by molar-refractivity contribution is 0.0490. The maximum atomic E-state index is 12.5. The minimum Gasteiger partial charge on any atom is -0.462 e. The van der Waals surface area contributed by atoms with Crippen molar-refractivity contribution in [1.82, 2.24) is 0 Å². The molecule has 0 spiro atoms. The fourth-order valence-corrected chi connectivity index (χ4v) is 2.92. The summed E-state index contributed by atoms with van der Waals surface area (Å²) in [5.41, 5.74) is 2.54. The maximum absolute atomic E-state index is 12.5. The molecule has 0 aromatic heterocycles. The fraction of sp³-hybridized carbons (Fsp3) is 0.417. The standard InChI is InChI=1S/C24H30O4/c1-3-5-9-16-27-23(25)20-13-11-12-19(18-20)21-14-7-8-15-22(21)24(26)28-17-10-6-4-2/h7-8,11-15,18H,3-6,9-10,16-17H2,1-2H3. The first-order valence-electron chi connectivity index (χ1n) is 10.2. The van der Waals surface area contributed by atoms with Gasteiger partial charge in [-0.15, -0.1) is 0 Å². The highest BCUT2D eigenvalue weighted by molar-refractivity contribution is 5.98. The molecule has 0 bridgehead atoms. The molecule has 0 atom stereocenters. The number of benzene rings is 2. The average molecular weight is 383 g/mol. The summed E-state index contributed by atoms with van der Waals surface area (Å²) in [6.07, 6.45) is 5.98. The van der Waals surface area contributed by atoms with Gasteiger partial charge in [0.15, 0.2) is 0 Å². The van der Waals surface area contributed by atoms with E-state index >= 15 is 0 Å². The normalized spacial score (nSPS) is 10.5. The van der Waals surface area contributed by atoms with E-state index in [1.54, 1.807) is 24.3 Å². The predicted molar refractivity (Wildman–Crippen MR) is 111 cm³/mol. The minimum absolute atomic E-state index is 0.334. The quantitative estimate of drug-likeness (QED) is 0.351. The number of carbonyl (C=O) groups excluding carboxylic acids is 2. The molecule has 0 unspecified atom stereocenters. The summed E-state index contributed by atoms with van der Waals surface area (Å²) in [6.45, 7) is 5.07. The van der Waals surface area contributed by atoms with E-state index in [2.05, 4.69) is 13.8 Å². The van der Waals surface area contributed by atoms with E-state index in [1.807, 2.05) is 24.3 Å². The lowest BCUT2D eigenvalue weighted by Crippen LogP contribution is -2.09. The van der Waals surface area contributed by atoms with Gasteiger partial charge in [0.25, 0.3) is 0 Å². The second-order valence-electron chi connectivity index (χ2n) is 6.81. The molecule has 0 saturated carbocycles. The second kappa shape index (κ2) is 12.0. The summed E-state index contributed by atoms with van der Waals surface area (Å²) in [4.78, 5) is 24.8. The van der Waals surface area contributed by atoms with Crippen molar-refractivity contribution in [2.45, 2.75) is 52.4 Å². The zero-order chi connectivity index (χ0) is 20.2. The summed E-state index contributed by atoms with van der Waals surface area (Å²) in [6, 6.07) is 14.5. The van der Waals surface area contributed by atoms with Crippen LogP contribution in [0.25, 0.3) is 11.1 Å². The molecule has 28 heavy (non-hydrogen) atoms. The van der Waals surface area contributed by atoms with Crippen LogP contribution in [0.15, 0.2) is 48.5 Å². The Labute approximate surface area is 167 Å². The van der Waals surface area contributed by atoms with Crippen molar-refractivity contribution in [2.75, 3.05) is 13.2 Å². The van der Waals surface area contributed by atoms with Crippen LogP contribution in [0, 0.1) is 0 Å². The van der Waals surface area contributed by atoms with Crippen LogP contribution in [0.5, 0.6) is 0 Å². The summed E-state index contributed by atoms with van der Waals surface area (Å²) >= 11 is 0. The van der Waals surface area contributed by atoms with E-state index in [9.17, 15) is 9.59 Å². The van der Waals surface area contributed by atoms with Crippen molar-refractivity contribution >= 4 is 11.9 Å². The molecule has 2 aromatic rings. The Morgan fingerprint density at radius 1 is 0.750 bits per heavy atom. The molecule has 2 rings (SSSR count). The molecule has 0 fully saturated rings. The number of esters is 2. The molecule has 0 radical (unpaired) electrons. The van der Waals surface area contributed by atoms with Crippen LogP contribution in [-0.2, 0) is 9.47 Å². The molecule has 0 amide bonds. The van der Waals surface area contributed by atoms with E-state index in [-0.39, 0.29) is 11.9 Å². The Kier molecular flexibility index (Phi) is 9.26. The molecule has 0 aliphatic rings. The number of unbranched alkanes of at least 4 members (excludes halogenated alkanes) is 4. The van der Waals surface area contributed by atoms with Crippen molar-refractivity contribution in [2.24, 2.45) is 0 Å². The average Bonchev–Trinajstić information content (AvgIpc) is 2.74. The van der Waals surface area contributed by atoms with Gasteiger partial charge in [0.1, 0.15) is 0 Å². The largest absolute Gasteiger partial charge is 0.462 e. The summed E-state index contributed by atoms with van der Waals surface area (Å²) in [7, 11) is 0. The first-order valence-corrected chi connectivity index (χ1v) is 10.2. The minimum atomic E-state index is -0.336. The van der Waals surface area contributed by atoms with Crippen LogP contribution in [0.2, 0.25) is 0 Å². The van der Waals surface area contributed by atoms with Crippen molar-refractivity contribution in [3.8, 4) is 11.1 Å². The smallest absolute Gasteiger partial charge is 0.338 e. The lowest BCUT2D eigenvalue weighted by atomic mass is 9.98. The first kappa shape index (κ1) is 21.7.